The van der Waals surface area contributed by atoms with Crippen LogP contribution in [0.4, 0.5) is 0 Å². The molecule has 126 valence electrons. The molecule has 2 aromatic rings. The fraction of sp³-hybridized carbons (Fsp3) is 0.316. The summed E-state index contributed by atoms with van der Waals surface area (Å²) in [5, 5.41) is 0. The summed E-state index contributed by atoms with van der Waals surface area (Å²) in [7, 11) is -1.68. The number of hydrogen-bond donors (Lipinski definition) is 0. The summed E-state index contributed by atoms with van der Waals surface area (Å²) in [4.78, 5) is 13.3. The van der Waals surface area contributed by atoms with Crippen LogP contribution in [-0.2, 0) is 16.3 Å². The van der Waals surface area contributed by atoms with Crippen LogP contribution in [0.5, 0.6) is 5.75 Å². The SMILES string of the molecule is COc1ccc2c(c1)CCCC(c1cccc(S(C)(=O)=O)c1)C2=O. The van der Waals surface area contributed by atoms with Crippen molar-refractivity contribution < 1.29 is 17.9 Å². The zero-order valence-electron chi connectivity index (χ0n) is 13.8. The summed E-state index contributed by atoms with van der Waals surface area (Å²) in [6.07, 6.45) is 3.59. The fourth-order valence-corrected chi connectivity index (χ4v) is 3.92. The maximum Gasteiger partial charge on any atom is 0.175 e. The predicted molar refractivity (Wildman–Crippen MR) is 92.6 cm³/mol. The van der Waals surface area contributed by atoms with Crippen LogP contribution in [0.1, 0.15) is 40.2 Å². The third-order valence-electron chi connectivity index (χ3n) is 4.52. The van der Waals surface area contributed by atoms with E-state index in [2.05, 4.69) is 0 Å². The molecule has 0 heterocycles. The van der Waals surface area contributed by atoms with Crippen LogP contribution < -0.4 is 4.74 Å². The summed E-state index contributed by atoms with van der Waals surface area (Å²) >= 11 is 0. The van der Waals surface area contributed by atoms with E-state index in [1.807, 2.05) is 18.2 Å². The summed E-state index contributed by atoms with van der Waals surface area (Å²) in [6.45, 7) is 0. The number of aryl methyl sites for hydroxylation is 1. The number of carbonyl (C=O) groups excluding carboxylic acids is 1. The molecule has 24 heavy (non-hydrogen) atoms. The van der Waals surface area contributed by atoms with Crippen molar-refractivity contribution >= 4 is 15.6 Å². The molecule has 4 nitrogen and oxygen atoms in total. The minimum atomic E-state index is -3.29. The minimum Gasteiger partial charge on any atom is -0.497 e. The topological polar surface area (TPSA) is 60.4 Å². The van der Waals surface area contributed by atoms with E-state index < -0.39 is 9.84 Å². The summed E-state index contributed by atoms with van der Waals surface area (Å²) in [6, 6.07) is 12.3. The molecule has 0 bridgehead atoms. The molecule has 3 rings (SSSR count). The number of fused-ring (bicyclic) bond motifs is 1. The van der Waals surface area contributed by atoms with Crippen LogP contribution in [0.3, 0.4) is 0 Å². The van der Waals surface area contributed by atoms with E-state index in [1.165, 1.54) is 6.26 Å². The van der Waals surface area contributed by atoms with E-state index in [0.29, 0.717) is 12.0 Å². The van der Waals surface area contributed by atoms with Crippen LogP contribution in [0.25, 0.3) is 0 Å². The van der Waals surface area contributed by atoms with Gasteiger partial charge >= 0.3 is 0 Å². The molecule has 1 aliphatic rings. The Morgan fingerprint density at radius 2 is 1.92 bits per heavy atom. The van der Waals surface area contributed by atoms with Crippen LogP contribution in [0.15, 0.2) is 47.4 Å². The highest BCUT2D eigenvalue weighted by Gasteiger charge is 2.27. The molecule has 0 saturated heterocycles. The molecule has 0 N–H and O–H groups in total. The van der Waals surface area contributed by atoms with E-state index in [9.17, 15) is 13.2 Å². The Morgan fingerprint density at radius 1 is 1.12 bits per heavy atom. The van der Waals surface area contributed by atoms with E-state index in [-0.39, 0.29) is 16.6 Å². The third kappa shape index (κ3) is 3.22. The van der Waals surface area contributed by atoms with Crippen LogP contribution in [0, 0.1) is 0 Å². The molecule has 0 aliphatic heterocycles. The molecule has 2 aromatic carbocycles. The van der Waals surface area contributed by atoms with Crippen molar-refractivity contribution in [2.24, 2.45) is 0 Å². The molecule has 0 spiro atoms. The molecule has 0 fully saturated rings. The van der Waals surface area contributed by atoms with Gasteiger partial charge in [0, 0.05) is 17.7 Å². The van der Waals surface area contributed by atoms with Gasteiger partial charge < -0.3 is 4.74 Å². The van der Waals surface area contributed by atoms with Gasteiger partial charge in [-0.2, -0.15) is 0 Å². The number of hydrogen-bond acceptors (Lipinski definition) is 4. The maximum atomic E-state index is 13.0. The Bertz CT molecular complexity index is 884. The van der Waals surface area contributed by atoms with E-state index in [1.54, 1.807) is 31.4 Å². The lowest BCUT2D eigenvalue weighted by Gasteiger charge is -2.15. The first-order valence-corrected chi connectivity index (χ1v) is 9.80. The quantitative estimate of drug-likeness (QED) is 0.801. The first-order valence-electron chi connectivity index (χ1n) is 7.91. The molecule has 0 radical (unpaired) electrons. The standard InChI is InChI=1S/C19H20O4S/c1-23-15-9-10-18-13(11-15)6-4-8-17(19(18)20)14-5-3-7-16(12-14)24(2,21)22/h3,5,7,9-12,17H,4,6,8H2,1-2H3. The molecule has 0 saturated carbocycles. The van der Waals surface area contributed by atoms with Crippen molar-refractivity contribution in [1.82, 2.24) is 0 Å². The zero-order chi connectivity index (χ0) is 17.3. The third-order valence-corrected chi connectivity index (χ3v) is 5.63. The first-order chi connectivity index (χ1) is 11.4. The van der Waals surface area contributed by atoms with Gasteiger partial charge in [0.1, 0.15) is 5.75 Å². The van der Waals surface area contributed by atoms with Crippen molar-refractivity contribution in [3.05, 3.63) is 59.2 Å². The maximum absolute atomic E-state index is 13.0. The lowest BCUT2D eigenvalue weighted by Crippen LogP contribution is -2.13. The molecular formula is C19H20O4S. The van der Waals surface area contributed by atoms with Gasteiger partial charge in [0.15, 0.2) is 15.6 Å². The highest BCUT2D eigenvalue weighted by atomic mass is 32.2. The summed E-state index contributed by atoms with van der Waals surface area (Å²) in [5.74, 6) is 0.497. The highest BCUT2D eigenvalue weighted by molar-refractivity contribution is 7.90. The number of ether oxygens (including phenoxy) is 1. The molecule has 1 aliphatic carbocycles. The van der Waals surface area contributed by atoms with Gasteiger partial charge in [-0.3, -0.25) is 4.79 Å². The van der Waals surface area contributed by atoms with Gasteiger partial charge in [-0.05, 0) is 60.7 Å². The second-order valence-corrected chi connectivity index (χ2v) is 8.19. The number of Topliss-reactive ketones (excluding diaryl/α,β-unsaturated/α-hetero) is 1. The Labute approximate surface area is 142 Å². The lowest BCUT2D eigenvalue weighted by molar-refractivity contribution is 0.0957. The van der Waals surface area contributed by atoms with Crippen LogP contribution in [0.2, 0.25) is 0 Å². The Kier molecular flexibility index (Phi) is 4.45. The number of carbonyl (C=O) groups is 1. The Morgan fingerprint density at radius 3 is 2.62 bits per heavy atom. The largest absolute Gasteiger partial charge is 0.497 e. The predicted octanol–water partition coefficient (Wildman–Crippen LogP) is 3.40. The molecule has 0 aromatic heterocycles. The average Bonchev–Trinajstić information content (AvgIpc) is 2.73. The van der Waals surface area contributed by atoms with Crippen LogP contribution in [-0.4, -0.2) is 27.6 Å². The van der Waals surface area contributed by atoms with E-state index in [0.717, 1.165) is 29.7 Å². The number of methoxy groups -OCH3 is 1. The first kappa shape index (κ1) is 16.7. The number of ketones is 1. The smallest absolute Gasteiger partial charge is 0.175 e. The van der Waals surface area contributed by atoms with Gasteiger partial charge in [0.2, 0.25) is 0 Å². The summed E-state index contributed by atoms with van der Waals surface area (Å²) < 4.78 is 28.8. The molecule has 0 amide bonds. The van der Waals surface area contributed by atoms with Gasteiger partial charge in [-0.1, -0.05) is 12.1 Å². The Balaban J connectivity index is 2.02. The van der Waals surface area contributed by atoms with Gasteiger partial charge in [-0.15, -0.1) is 0 Å². The van der Waals surface area contributed by atoms with Crippen molar-refractivity contribution in [1.29, 1.82) is 0 Å². The van der Waals surface area contributed by atoms with Crippen molar-refractivity contribution in [3.8, 4) is 5.75 Å². The average molecular weight is 344 g/mol. The second kappa shape index (κ2) is 6.40. The zero-order valence-corrected chi connectivity index (χ0v) is 14.6. The lowest BCUT2D eigenvalue weighted by atomic mass is 9.88. The normalized spacial score (nSPS) is 17.9. The fourth-order valence-electron chi connectivity index (χ4n) is 3.24. The van der Waals surface area contributed by atoms with Crippen LogP contribution >= 0.6 is 0 Å². The highest BCUT2D eigenvalue weighted by Crippen LogP contribution is 2.34. The minimum absolute atomic E-state index is 0.0517. The second-order valence-electron chi connectivity index (χ2n) is 6.18. The van der Waals surface area contributed by atoms with Crippen molar-refractivity contribution in [3.63, 3.8) is 0 Å². The van der Waals surface area contributed by atoms with Gasteiger partial charge in [0.25, 0.3) is 0 Å². The van der Waals surface area contributed by atoms with Gasteiger partial charge in [-0.25, -0.2) is 8.42 Å². The molecular weight excluding hydrogens is 324 g/mol. The molecule has 5 heteroatoms. The van der Waals surface area contributed by atoms with Crippen molar-refractivity contribution in [2.75, 3.05) is 13.4 Å². The monoisotopic (exact) mass is 344 g/mol. The van der Waals surface area contributed by atoms with Crippen molar-refractivity contribution in [2.45, 2.75) is 30.1 Å². The Hall–Kier alpha value is -2.14. The molecule has 1 unspecified atom stereocenters. The van der Waals surface area contributed by atoms with Gasteiger partial charge in [0.05, 0.1) is 12.0 Å². The van der Waals surface area contributed by atoms with E-state index >= 15 is 0 Å². The molecule has 1 atom stereocenters. The summed E-state index contributed by atoms with van der Waals surface area (Å²) in [5.41, 5.74) is 2.48. The van der Waals surface area contributed by atoms with E-state index in [4.69, 9.17) is 4.74 Å². The number of benzene rings is 2. The number of rotatable bonds is 3. The number of sulfone groups is 1.